The SMILES string of the molecule is Nc1snnc1COCCc1ccccc1. The van der Waals surface area contributed by atoms with Crippen LogP contribution >= 0.6 is 11.5 Å². The molecule has 0 aliphatic rings. The molecule has 1 aromatic heterocycles. The van der Waals surface area contributed by atoms with Crippen molar-refractivity contribution in [3.63, 3.8) is 0 Å². The van der Waals surface area contributed by atoms with Gasteiger partial charge < -0.3 is 10.5 Å². The van der Waals surface area contributed by atoms with Gasteiger partial charge in [-0.2, -0.15) is 0 Å². The van der Waals surface area contributed by atoms with Gasteiger partial charge in [-0.3, -0.25) is 0 Å². The van der Waals surface area contributed by atoms with E-state index in [1.807, 2.05) is 18.2 Å². The summed E-state index contributed by atoms with van der Waals surface area (Å²) in [6.07, 6.45) is 0.901. The van der Waals surface area contributed by atoms with Gasteiger partial charge in [-0.15, -0.1) is 5.10 Å². The van der Waals surface area contributed by atoms with Crippen LogP contribution in [0.15, 0.2) is 30.3 Å². The molecule has 0 saturated heterocycles. The molecular weight excluding hydrogens is 222 g/mol. The van der Waals surface area contributed by atoms with Crippen LogP contribution in [-0.4, -0.2) is 16.2 Å². The van der Waals surface area contributed by atoms with Gasteiger partial charge in [0.2, 0.25) is 0 Å². The summed E-state index contributed by atoms with van der Waals surface area (Å²) in [6.45, 7) is 1.11. The fraction of sp³-hybridized carbons (Fsp3) is 0.273. The smallest absolute Gasteiger partial charge is 0.133 e. The van der Waals surface area contributed by atoms with Crippen molar-refractivity contribution in [3.8, 4) is 0 Å². The summed E-state index contributed by atoms with van der Waals surface area (Å²) in [5, 5.41) is 4.52. The Morgan fingerprint density at radius 2 is 2.06 bits per heavy atom. The third kappa shape index (κ3) is 3.01. The summed E-state index contributed by atoms with van der Waals surface area (Å²) >= 11 is 1.20. The lowest BCUT2D eigenvalue weighted by Gasteiger charge is -2.02. The molecule has 16 heavy (non-hydrogen) atoms. The molecule has 0 unspecified atom stereocenters. The van der Waals surface area contributed by atoms with E-state index in [1.165, 1.54) is 17.1 Å². The van der Waals surface area contributed by atoms with Gasteiger partial charge in [0.25, 0.3) is 0 Å². The first-order valence-electron chi connectivity index (χ1n) is 5.04. The predicted molar refractivity (Wildman–Crippen MR) is 64.1 cm³/mol. The third-order valence-corrected chi connectivity index (χ3v) is 2.80. The highest BCUT2D eigenvalue weighted by atomic mass is 32.1. The number of nitrogens with zero attached hydrogens (tertiary/aromatic N) is 2. The molecule has 84 valence electrons. The average molecular weight is 235 g/mol. The van der Waals surface area contributed by atoms with E-state index in [0.717, 1.165) is 12.1 Å². The normalized spacial score (nSPS) is 10.5. The maximum atomic E-state index is 5.65. The molecule has 0 aliphatic carbocycles. The number of hydrogen-bond acceptors (Lipinski definition) is 5. The van der Waals surface area contributed by atoms with Crippen molar-refractivity contribution in [1.82, 2.24) is 9.59 Å². The quantitative estimate of drug-likeness (QED) is 0.804. The maximum Gasteiger partial charge on any atom is 0.133 e. The summed E-state index contributed by atoms with van der Waals surface area (Å²) in [4.78, 5) is 0. The van der Waals surface area contributed by atoms with Crippen LogP contribution in [0.1, 0.15) is 11.3 Å². The molecule has 0 saturated carbocycles. The molecule has 0 fully saturated rings. The number of nitrogen functional groups attached to an aromatic ring is 1. The molecule has 0 bridgehead atoms. The fourth-order valence-corrected chi connectivity index (χ4v) is 1.75. The van der Waals surface area contributed by atoms with Gasteiger partial charge in [0.05, 0.1) is 13.2 Å². The van der Waals surface area contributed by atoms with Gasteiger partial charge in [-0.05, 0) is 12.0 Å². The molecule has 0 atom stereocenters. The molecule has 2 rings (SSSR count). The van der Waals surface area contributed by atoms with Crippen molar-refractivity contribution in [2.24, 2.45) is 0 Å². The zero-order chi connectivity index (χ0) is 11.2. The van der Waals surface area contributed by atoms with Crippen LogP contribution in [-0.2, 0) is 17.8 Å². The molecule has 0 amide bonds. The van der Waals surface area contributed by atoms with Gasteiger partial charge in [-0.1, -0.05) is 34.8 Å². The number of nitrogens with two attached hydrogens (primary N) is 1. The first-order valence-corrected chi connectivity index (χ1v) is 5.82. The van der Waals surface area contributed by atoms with Crippen LogP contribution in [0.4, 0.5) is 5.00 Å². The Balaban J connectivity index is 1.72. The topological polar surface area (TPSA) is 61.0 Å². The standard InChI is InChI=1S/C11H13N3OS/c12-11-10(13-14-16-11)8-15-7-6-9-4-2-1-3-5-9/h1-5H,6-8,12H2. The van der Waals surface area contributed by atoms with E-state index in [0.29, 0.717) is 18.2 Å². The summed E-state index contributed by atoms with van der Waals surface area (Å²) in [5.74, 6) is 0. The lowest BCUT2D eigenvalue weighted by molar-refractivity contribution is 0.121. The number of hydrogen-bond donors (Lipinski definition) is 1. The minimum atomic E-state index is 0.440. The highest BCUT2D eigenvalue weighted by Gasteiger charge is 2.03. The Hall–Kier alpha value is -1.46. The predicted octanol–water partition coefficient (Wildman–Crippen LogP) is 1.88. The minimum Gasteiger partial charge on any atom is -0.388 e. The van der Waals surface area contributed by atoms with E-state index in [4.69, 9.17) is 10.5 Å². The van der Waals surface area contributed by atoms with E-state index >= 15 is 0 Å². The molecular formula is C11H13N3OS. The maximum absolute atomic E-state index is 5.65. The second-order valence-corrected chi connectivity index (χ2v) is 4.16. The van der Waals surface area contributed by atoms with Crippen LogP contribution in [0, 0.1) is 0 Å². The zero-order valence-electron chi connectivity index (χ0n) is 8.80. The highest BCUT2D eigenvalue weighted by Crippen LogP contribution is 2.13. The fourth-order valence-electron chi connectivity index (χ4n) is 1.32. The van der Waals surface area contributed by atoms with Gasteiger partial charge in [0, 0.05) is 11.5 Å². The lowest BCUT2D eigenvalue weighted by atomic mass is 10.2. The first kappa shape index (κ1) is 11.0. The largest absolute Gasteiger partial charge is 0.388 e. The number of ether oxygens (including phenoxy) is 1. The molecule has 0 spiro atoms. The third-order valence-electron chi connectivity index (χ3n) is 2.20. The Kier molecular flexibility index (Phi) is 3.85. The van der Waals surface area contributed by atoms with Crippen LogP contribution in [0.25, 0.3) is 0 Å². The van der Waals surface area contributed by atoms with Crippen LogP contribution in [0.2, 0.25) is 0 Å². The Morgan fingerprint density at radius 3 is 2.75 bits per heavy atom. The summed E-state index contributed by atoms with van der Waals surface area (Å²) < 4.78 is 9.23. The van der Waals surface area contributed by atoms with E-state index < -0.39 is 0 Å². The second kappa shape index (κ2) is 5.58. The Bertz CT molecular complexity index is 430. The van der Waals surface area contributed by atoms with Gasteiger partial charge in [0.15, 0.2) is 0 Å². The van der Waals surface area contributed by atoms with Gasteiger partial charge in [-0.25, -0.2) is 0 Å². The molecule has 0 aliphatic heterocycles. The molecule has 1 aromatic carbocycles. The van der Waals surface area contributed by atoms with E-state index in [9.17, 15) is 0 Å². The average Bonchev–Trinajstić information content (AvgIpc) is 2.72. The van der Waals surface area contributed by atoms with Crippen molar-refractivity contribution in [2.75, 3.05) is 12.3 Å². The van der Waals surface area contributed by atoms with Crippen molar-refractivity contribution >= 4 is 16.5 Å². The van der Waals surface area contributed by atoms with Gasteiger partial charge in [0.1, 0.15) is 10.7 Å². The Labute approximate surface area is 98.2 Å². The summed E-state index contributed by atoms with van der Waals surface area (Å²) in [6, 6.07) is 10.2. The first-order chi connectivity index (χ1) is 7.86. The Morgan fingerprint density at radius 1 is 1.25 bits per heavy atom. The highest BCUT2D eigenvalue weighted by molar-refractivity contribution is 7.09. The molecule has 0 radical (unpaired) electrons. The number of rotatable bonds is 5. The molecule has 4 nitrogen and oxygen atoms in total. The molecule has 5 heteroatoms. The van der Waals surface area contributed by atoms with Crippen molar-refractivity contribution in [1.29, 1.82) is 0 Å². The molecule has 2 aromatic rings. The van der Waals surface area contributed by atoms with Crippen LogP contribution in [0.5, 0.6) is 0 Å². The summed E-state index contributed by atoms with van der Waals surface area (Å²) in [5.41, 5.74) is 7.65. The van der Waals surface area contributed by atoms with Crippen LogP contribution < -0.4 is 5.73 Å². The monoisotopic (exact) mass is 235 g/mol. The number of anilines is 1. The van der Waals surface area contributed by atoms with E-state index in [-0.39, 0.29) is 0 Å². The number of aromatic nitrogens is 2. The van der Waals surface area contributed by atoms with E-state index in [1.54, 1.807) is 0 Å². The van der Waals surface area contributed by atoms with E-state index in [2.05, 4.69) is 21.7 Å². The number of benzene rings is 1. The minimum absolute atomic E-state index is 0.440. The zero-order valence-corrected chi connectivity index (χ0v) is 9.61. The van der Waals surface area contributed by atoms with Crippen molar-refractivity contribution in [2.45, 2.75) is 13.0 Å². The lowest BCUT2D eigenvalue weighted by Crippen LogP contribution is -2.01. The van der Waals surface area contributed by atoms with Gasteiger partial charge >= 0.3 is 0 Å². The van der Waals surface area contributed by atoms with Crippen molar-refractivity contribution < 1.29 is 4.74 Å². The second-order valence-electron chi connectivity index (χ2n) is 3.37. The van der Waals surface area contributed by atoms with Crippen molar-refractivity contribution in [3.05, 3.63) is 41.6 Å². The molecule has 2 N–H and O–H groups in total. The summed E-state index contributed by atoms with van der Waals surface area (Å²) in [7, 11) is 0. The molecule has 1 heterocycles. The van der Waals surface area contributed by atoms with Crippen LogP contribution in [0.3, 0.4) is 0 Å².